The molecule has 1 saturated carbocycles. The van der Waals surface area contributed by atoms with Crippen LogP contribution in [0.2, 0.25) is 0 Å². The summed E-state index contributed by atoms with van der Waals surface area (Å²) >= 11 is 1.14. The van der Waals surface area contributed by atoms with Gasteiger partial charge in [-0.2, -0.15) is 4.72 Å². The van der Waals surface area contributed by atoms with Gasteiger partial charge in [-0.1, -0.05) is 18.9 Å². The molecule has 1 N–H and O–H groups in total. The molecule has 9 heteroatoms. The Morgan fingerprint density at radius 2 is 1.91 bits per heavy atom. The molecule has 2 atom stereocenters. The van der Waals surface area contributed by atoms with Gasteiger partial charge in [0.1, 0.15) is 17.4 Å². The summed E-state index contributed by atoms with van der Waals surface area (Å²) in [6.07, 6.45) is 4.24. The van der Waals surface area contributed by atoms with Crippen LogP contribution in [0, 0.1) is 0 Å². The monoisotopic (exact) mass is 476 g/mol. The molecule has 2 unspecified atom stereocenters. The smallest absolute Gasteiger partial charge is 0.250 e. The minimum atomic E-state index is -3.73. The molecule has 32 heavy (non-hydrogen) atoms. The molecule has 2 aromatic rings. The SMILES string of the molecule is CC(NS(=O)(=O)c1cccs1)C(=O)N1CC2(CCCC2)c2cc3c(cc2C1C)OCCO3. The summed E-state index contributed by atoms with van der Waals surface area (Å²) < 4.78 is 39.8. The maximum absolute atomic E-state index is 13.5. The minimum Gasteiger partial charge on any atom is -0.486 e. The Morgan fingerprint density at radius 3 is 2.56 bits per heavy atom. The van der Waals surface area contributed by atoms with E-state index in [-0.39, 0.29) is 21.6 Å². The normalized spacial score (nSPS) is 22.6. The Labute approximate surface area is 192 Å². The second kappa shape index (κ2) is 8.04. The van der Waals surface area contributed by atoms with Crippen molar-refractivity contribution >= 4 is 27.3 Å². The molecule has 2 aliphatic heterocycles. The lowest BCUT2D eigenvalue weighted by Crippen LogP contribution is -2.54. The quantitative estimate of drug-likeness (QED) is 0.729. The first-order chi connectivity index (χ1) is 15.3. The molecule has 3 heterocycles. The van der Waals surface area contributed by atoms with Gasteiger partial charge in [0.2, 0.25) is 5.91 Å². The molecule has 1 amide bonds. The highest BCUT2D eigenvalue weighted by molar-refractivity contribution is 7.91. The summed E-state index contributed by atoms with van der Waals surface area (Å²) in [5.74, 6) is 1.30. The van der Waals surface area contributed by atoms with Crippen LogP contribution in [0.4, 0.5) is 0 Å². The summed E-state index contributed by atoms with van der Waals surface area (Å²) in [6.45, 7) is 5.27. The predicted octanol–water partition coefficient (Wildman–Crippen LogP) is 3.60. The van der Waals surface area contributed by atoms with E-state index in [1.807, 2.05) is 17.9 Å². The first-order valence-corrected chi connectivity index (χ1v) is 13.5. The van der Waals surface area contributed by atoms with Crippen LogP contribution >= 0.6 is 11.3 Å². The van der Waals surface area contributed by atoms with Crippen molar-refractivity contribution in [2.24, 2.45) is 0 Å². The zero-order valence-electron chi connectivity index (χ0n) is 18.3. The minimum absolute atomic E-state index is 0.125. The zero-order chi connectivity index (χ0) is 22.5. The second-order valence-corrected chi connectivity index (χ2v) is 11.9. The fourth-order valence-corrected chi connectivity index (χ4v) is 7.59. The lowest BCUT2D eigenvalue weighted by molar-refractivity contribution is -0.136. The molecule has 0 bridgehead atoms. The summed E-state index contributed by atoms with van der Waals surface area (Å²) in [5, 5.41) is 1.71. The molecule has 3 aliphatic rings. The third-order valence-corrected chi connectivity index (χ3v) is 9.92. The number of carbonyl (C=O) groups excluding carboxylic acids is 1. The van der Waals surface area contributed by atoms with Gasteiger partial charge in [-0.05, 0) is 61.4 Å². The lowest BCUT2D eigenvalue weighted by Gasteiger charge is -2.47. The van der Waals surface area contributed by atoms with Crippen molar-refractivity contribution in [2.75, 3.05) is 19.8 Å². The first kappa shape index (κ1) is 21.7. The Balaban J connectivity index is 1.47. The van der Waals surface area contributed by atoms with Crippen molar-refractivity contribution in [2.45, 2.75) is 61.2 Å². The van der Waals surface area contributed by atoms with Crippen LogP contribution in [0.5, 0.6) is 11.5 Å². The summed E-state index contributed by atoms with van der Waals surface area (Å²) in [4.78, 5) is 15.4. The maximum atomic E-state index is 13.5. The molecule has 7 nitrogen and oxygen atoms in total. The average molecular weight is 477 g/mol. The molecule has 1 aromatic carbocycles. The molecule has 172 valence electrons. The van der Waals surface area contributed by atoms with Crippen LogP contribution in [0.15, 0.2) is 33.9 Å². The molecule has 0 radical (unpaired) electrons. The summed E-state index contributed by atoms with van der Waals surface area (Å²) in [7, 11) is -3.73. The Hall–Kier alpha value is -2.10. The number of rotatable bonds is 4. The van der Waals surface area contributed by atoms with Gasteiger partial charge in [0.25, 0.3) is 10.0 Å². The Morgan fingerprint density at radius 1 is 1.22 bits per heavy atom. The lowest BCUT2D eigenvalue weighted by atomic mass is 9.71. The molecular weight excluding hydrogens is 448 g/mol. The van der Waals surface area contributed by atoms with Crippen molar-refractivity contribution in [3.8, 4) is 11.5 Å². The number of hydrogen-bond donors (Lipinski definition) is 1. The number of hydrogen-bond acceptors (Lipinski definition) is 6. The number of nitrogens with one attached hydrogen (secondary N) is 1. The van der Waals surface area contributed by atoms with Gasteiger partial charge in [0.05, 0.1) is 12.1 Å². The average Bonchev–Trinajstić information content (AvgIpc) is 3.48. The number of ether oxygens (including phenoxy) is 2. The van der Waals surface area contributed by atoms with E-state index in [9.17, 15) is 13.2 Å². The van der Waals surface area contributed by atoms with Gasteiger partial charge in [-0.25, -0.2) is 8.42 Å². The van der Waals surface area contributed by atoms with E-state index >= 15 is 0 Å². The number of fused-ring (bicyclic) bond motifs is 3. The van der Waals surface area contributed by atoms with Gasteiger partial charge in [-0.3, -0.25) is 4.79 Å². The largest absolute Gasteiger partial charge is 0.486 e. The van der Waals surface area contributed by atoms with Crippen molar-refractivity contribution < 1.29 is 22.7 Å². The van der Waals surface area contributed by atoms with Gasteiger partial charge >= 0.3 is 0 Å². The highest BCUT2D eigenvalue weighted by Gasteiger charge is 2.47. The van der Waals surface area contributed by atoms with Gasteiger partial charge in [-0.15, -0.1) is 11.3 Å². The van der Waals surface area contributed by atoms with Crippen LogP contribution in [0.25, 0.3) is 0 Å². The van der Waals surface area contributed by atoms with E-state index in [0.29, 0.717) is 19.8 Å². The standard InChI is InChI=1S/C23H28N2O5S2/c1-15(24-32(27,28)21-6-5-11-31-21)22(26)25-14-23(7-3-4-8-23)18-13-20-19(29-9-10-30-20)12-17(18)16(25)2/h5-6,11-13,15-16,24H,3-4,7-10,14H2,1-2H3. The van der Waals surface area contributed by atoms with Crippen molar-refractivity contribution in [1.29, 1.82) is 0 Å². The van der Waals surface area contributed by atoms with Gasteiger partial charge in [0.15, 0.2) is 11.5 Å². The first-order valence-electron chi connectivity index (χ1n) is 11.1. The maximum Gasteiger partial charge on any atom is 0.250 e. The zero-order valence-corrected chi connectivity index (χ0v) is 19.9. The number of amides is 1. The van der Waals surface area contributed by atoms with Crippen LogP contribution in [-0.4, -0.2) is 45.0 Å². The third-order valence-electron chi connectivity index (χ3n) is 6.98. The van der Waals surface area contributed by atoms with E-state index in [4.69, 9.17) is 9.47 Å². The Bertz CT molecular complexity index is 1120. The number of thiophene rings is 1. The van der Waals surface area contributed by atoms with Crippen molar-refractivity contribution in [3.63, 3.8) is 0 Å². The van der Waals surface area contributed by atoms with Crippen LogP contribution < -0.4 is 14.2 Å². The van der Waals surface area contributed by atoms with E-state index in [1.165, 1.54) is 5.56 Å². The topological polar surface area (TPSA) is 84.9 Å². The second-order valence-electron chi connectivity index (χ2n) is 8.99. The molecule has 1 spiro atoms. The highest BCUT2D eigenvalue weighted by atomic mass is 32.2. The van der Waals surface area contributed by atoms with E-state index < -0.39 is 16.1 Å². The fraction of sp³-hybridized carbons (Fsp3) is 0.522. The number of carbonyl (C=O) groups is 1. The number of sulfonamides is 1. The molecule has 1 aromatic heterocycles. The Kier molecular flexibility index (Phi) is 5.46. The number of nitrogens with zero attached hydrogens (tertiary/aromatic N) is 1. The van der Waals surface area contributed by atoms with E-state index in [1.54, 1.807) is 24.4 Å². The molecule has 0 saturated heterocycles. The summed E-state index contributed by atoms with van der Waals surface area (Å²) in [6, 6.07) is 6.33. The fourth-order valence-electron chi connectivity index (χ4n) is 5.38. The third kappa shape index (κ3) is 3.60. The van der Waals surface area contributed by atoms with Crippen LogP contribution in [-0.2, 0) is 20.2 Å². The molecule has 5 rings (SSSR count). The number of benzene rings is 1. The van der Waals surface area contributed by atoms with E-state index in [2.05, 4.69) is 10.8 Å². The van der Waals surface area contributed by atoms with E-state index in [0.717, 1.165) is 54.1 Å². The molecular formula is C23H28N2O5S2. The molecule has 1 aliphatic carbocycles. The van der Waals surface area contributed by atoms with Crippen LogP contribution in [0.1, 0.15) is 56.7 Å². The van der Waals surface area contributed by atoms with Gasteiger partial charge in [0, 0.05) is 12.0 Å². The highest BCUT2D eigenvalue weighted by Crippen LogP contribution is 2.52. The summed E-state index contributed by atoms with van der Waals surface area (Å²) in [5.41, 5.74) is 2.20. The van der Waals surface area contributed by atoms with Crippen molar-refractivity contribution in [1.82, 2.24) is 9.62 Å². The molecule has 1 fully saturated rings. The predicted molar refractivity (Wildman–Crippen MR) is 122 cm³/mol. The van der Waals surface area contributed by atoms with Gasteiger partial charge < -0.3 is 14.4 Å². The van der Waals surface area contributed by atoms with Crippen molar-refractivity contribution in [3.05, 3.63) is 40.8 Å². The van der Waals surface area contributed by atoms with Crippen LogP contribution in [0.3, 0.4) is 0 Å².